The molecule has 0 aliphatic heterocycles. The van der Waals surface area contributed by atoms with Crippen LogP contribution in [0.25, 0.3) is 0 Å². The lowest BCUT2D eigenvalue weighted by atomic mass is 9.48. The lowest BCUT2D eigenvalue weighted by Gasteiger charge is -2.57. The highest BCUT2D eigenvalue weighted by Gasteiger charge is 2.58. The second kappa shape index (κ2) is 6.44. The summed E-state index contributed by atoms with van der Waals surface area (Å²) in [5, 5.41) is 9.89. The summed E-state index contributed by atoms with van der Waals surface area (Å²) in [6, 6.07) is 0. The van der Waals surface area contributed by atoms with Gasteiger partial charge in [0.2, 0.25) is 0 Å². The van der Waals surface area contributed by atoms with E-state index in [2.05, 4.69) is 19.9 Å². The zero-order valence-corrected chi connectivity index (χ0v) is 17.0. The fraction of sp³-hybridized carbons (Fsp3) is 0.870. The van der Waals surface area contributed by atoms with Gasteiger partial charge in [-0.15, -0.1) is 0 Å². The van der Waals surface area contributed by atoms with Crippen LogP contribution in [0.4, 0.5) is 0 Å². The lowest BCUT2D eigenvalue weighted by Crippen LogP contribution is -2.52. The van der Waals surface area contributed by atoms with Crippen LogP contribution in [0.1, 0.15) is 79.1 Å². The number of aliphatic hydroxyl groups excluding tert-OH is 1. The van der Waals surface area contributed by atoms with E-state index in [0.717, 1.165) is 38.5 Å². The van der Waals surface area contributed by atoms with Gasteiger partial charge in [0.1, 0.15) is 5.78 Å². The number of carbonyl (C=O) groups is 1. The lowest BCUT2D eigenvalue weighted by molar-refractivity contribution is -0.141. The van der Waals surface area contributed by atoms with Crippen LogP contribution in [0, 0.1) is 28.6 Å². The maximum atomic E-state index is 12.5. The highest BCUT2D eigenvalue weighted by molar-refractivity contribution is 5.87. The van der Waals surface area contributed by atoms with Crippen molar-refractivity contribution < 1.29 is 14.6 Å². The van der Waals surface area contributed by atoms with Crippen molar-refractivity contribution in [3.05, 3.63) is 11.6 Å². The number of Topliss-reactive ketones (excluding diaryl/α,β-unsaturated/α-hetero) is 1. The maximum absolute atomic E-state index is 12.5. The summed E-state index contributed by atoms with van der Waals surface area (Å²) in [5.41, 5.74) is 1.82. The predicted molar refractivity (Wildman–Crippen MR) is 103 cm³/mol. The summed E-state index contributed by atoms with van der Waals surface area (Å²) < 4.78 is 6.36. The zero-order chi connectivity index (χ0) is 18.7. The van der Waals surface area contributed by atoms with Crippen molar-refractivity contribution in [2.75, 3.05) is 0 Å². The number of aliphatic hydroxyl groups is 1. The Labute approximate surface area is 158 Å². The van der Waals surface area contributed by atoms with E-state index in [-0.39, 0.29) is 17.6 Å². The number of fused-ring (bicyclic) bond motifs is 5. The molecule has 6 unspecified atom stereocenters. The van der Waals surface area contributed by atoms with Gasteiger partial charge in [-0.2, -0.15) is 0 Å². The Kier molecular flexibility index (Phi) is 4.63. The molecule has 0 amide bonds. The van der Waals surface area contributed by atoms with E-state index < -0.39 is 6.10 Å². The van der Waals surface area contributed by atoms with E-state index in [4.69, 9.17) is 4.74 Å². The van der Waals surface area contributed by atoms with Gasteiger partial charge in [0.15, 0.2) is 0 Å². The van der Waals surface area contributed by atoms with Crippen molar-refractivity contribution in [3.63, 3.8) is 0 Å². The predicted octanol–water partition coefficient (Wildman–Crippen LogP) is 4.67. The highest BCUT2D eigenvalue weighted by atomic mass is 16.5. The summed E-state index contributed by atoms with van der Waals surface area (Å²) in [4.78, 5) is 12.5. The third kappa shape index (κ3) is 2.64. The molecule has 0 saturated heterocycles. The molecule has 0 spiro atoms. The summed E-state index contributed by atoms with van der Waals surface area (Å²) >= 11 is 0. The summed E-state index contributed by atoms with van der Waals surface area (Å²) in [6.45, 7) is 8.55. The molecule has 1 N–H and O–H groups in total. The number of allylic oxidation sites excluding steroid dienone is 2. The minimum Gasteiger partial charge on any atom is -0.391 e. The van der Waals surface area contributed by atoms with Gasteiger partial charge < -0.3 is 9.84 Å². The van der Waals surface area contributed by atoms with E-state index in [9.17, 15) is 9.90 Å². The molecule has 4 aliphatic rings. The van der Waals surface area contributed by atoms with Crippen LogP contribution < -0.4 is 0 Å². The summed E-state index contributed by atoms with van der Waals surface area (Å²) in [7, 11) is 0. The fourth-order valence-electron chi connectivity index (χ4n) is 6.94. The minimum absolute atomic E-state index is 0.0864. The quantitative estimate of drug-likeness (QED) is 0.744. The first kappa shape index (κ1) is 18.7. The molecule has 0 heterocycles. The second-order valence-electron chi connectivity index (χ2n) is 10.1. The monoisotopic (exact) mass is 360 g/mol. The van der Waals surface area contributed by atoms with E-state index in [1.807, 2.05) is 13.8 Å². The molecule has 4 rings (SSSR count). The number of ketones is 1. The summed E-state index contributed by atoms with van der Waals surface area (Å²) in [6.07, 6.45) is 11.0. The largest absolute Gasteiger partial charge is 0.391 e. The zero-order valence-electron chi connectivity index (χ0n) is 17.0. The van der Waals surface area contributed by atoms with Crippen LogP contribution in [0.3, 0.4) is 0 Å². The van der Waals surface area contributed by atoms with Gasteiger partial charge in [-0.25, -0.2) is 0 Å². The Morgan fingerprint density at radius 3 is 2.65 bits per heavy atom. The number of ether oxygens (including phenoxy) is 1. The Balaban J connectivity index is 1.62. The fourth-order valence-corrected chi connectivity index (χ4v) is 6.94. The normalized spacial score (nSPS) is 47.4. The molecule has 3 heteroatoms. The Morgan fingerprint density at radius 1 is 1.15 bits per heavy atom. The third-order valence-electron chi connectivity index (χ3n) is 8.80. The first-order valence-corrected chi connectivity index (χ1v) is 10.8. The number of rotatable bonds is 3. The maximum Gasteiger partial charge on any atom is 0.139 e. The molecule has 0 bridgehead atoms. The van der Waals surface area contributed by atoms with E-state index in [1.54, 1.807) is 5.57 Å². The van der Waals surface area contributed by atoms with Gasteiger partial charge in [-0.3, -0.25) is 4.79 Å². The number of hydrogen-bond acceptors (Lipinski definition) is 3. The van der Waals surface area contributed by atoms with Gasteiger partial charge in [0.05, 0.1) is 18.3 Å². The number of carbonyl (C=O) groups excluding carboxylic acids is 1. The highest BCUT2D eigenvalue weighted by Crippen LogP contribution is 2.63. The molecule has 3 fully saturated rings. The van der Waals surface area contributed by atoms with Crippen molar-refractivity contribution >= 4 is 5.78 Å². The van der Waals surface area contributed by atoms with Gasteiger partial charge in [0, 0.05) is 11.8 Å². The smallest absolute Gasteiger partial charge is 0.139 e. The number of hydrogen-bond donors (Lipinski definition) is 1. The van der Waals surface area contributed by atoms with Crippen LogP contribution >= 0.6 is 0 Å². The topological polar surface area (TPSA) is 46.5 Å². The van der Waals surface area contributed by atoms with Crippen molar-refractivity contribution in [1.82, 2.24) is 0 Å². The molecule has 146 valence electrons. The van der Waals surface area contributed by atoms with E-state index in [0.29, 0.717) is 29.0 Å². The Hall–Kier alpha value is -0.670. The van der Waals surface area contributed by atoms with Crippen molar-refractivity contribution in [2.24, 2.45) is 28.6 Å². The molecule has 3 saturated carbocycles. The van der Waals surface area contributed by atoms with Gasteiger partial charge >= 0.3 is 0 Å². The average Bonchev–Trinajstić information content (AvgIpc) is 2.89. The molecule has 0 aromatic heterocycles. The van der Waals surface area contributed by atoms with Crippen LogP contribution in [-0.2, 0) is 9.53 Å². The third-order valence-corrected chi connectivity index (χ3v) is 8.80. The first-order chi connectivity index (χ1) is 12.3. The average molecular weight is 361 g/mol. The SMILES string of the molecule is CC(O)[C@H](C)O[C@@H]1CCCC2(C)C3CCC4(C)C(=O)CCC4C3=CCC12. The first-order valence-electron chi connectivity index (χ1n) is 10.8. The standard InChI is InChI=1S/C23H36O3/c1-14(24)15(2)26-20-6-5-12-22(3)18-11-13-23(4)17(9-10-21(23)25)16(18)7-8-19(20)22/h7,14-15,17-20,24H,5-6,8-13H2,1-4H3/t14?,15-,17?,18?,19?,20+,22?,23?/m0/s1. The van der Waals surface area contributed by atoms with Crippen molar-refractivity contribution in [2.45, 2.75) is 97.4 Å². The van der Waals surface area contributed by atoms with Gasteiger partial charge in [0.25, 0.3) is 0 Å². The van der Waals surface area contributed by atoms with Crippen LogP contribution in [-0.4, -0.2) is 29.2 Å². The Bertz CT molecular complexity index is 609. The minimum atomic E-state index is -0.419. The van der Waals surface area contributed by atoms with Gasteiger partial charge in [-0.05, 0) is 75.5 Å². The van der Waals surface area contributed by atoms with Crippen LogP contribution in [0.2, 0.25) is 0 Å². The van der Waals surface area contributed by atoms with Crippen molar-refractivity contribution in [1.29, 1.82) is 0 Å². The molecule has 8 atom stereocenters. The molecule has 0 radical (unpaired) electrons. The van der Waals surface area contributed by atoms with E-state index >= 15 is 0 Å². The van der Waals surface area contributed by atoms with Crippen LogP contribution in [0.5, 0.6) is 0 Å². The van der Waals surface area contributed by atoms with E-state index in [1.165, 1.54) is 12.8 Å². The summed E-state index contributed by atoms with van der Waals surface area (Å²) in [5.74, 6) is 2.17. The molecular formula is C23H36O3. The van der Waals surface area contributed by atoms with Crippen molar-refractivity contribution in [3.8, 4) is 0 Å². The molecule has 26 heavy (non-hydrogen) atoms. The Morgan fingerprint density at radius 2 is 1.92 bits per heavy atom. The molecule has 3 nitrogen and oxygen atoms in total. The van der Waals surface area contributed by atoms with Crippen LogP contribution in [0.15, 0.2) is 11.6 Å². The van der Waals surface area contributed by atoms with Gasteiger partial charge in [-0.1, -0.05) is 31.9 Å². The molecule has 0 aromatic carbocycles. The molecule has 0 aromatic rings. The second-order valence-corrected chi connectivity index (χ2v) is 10.1. The molecule has 4 aliphatic carbocycles. The molecular weight excluding hydrogens is 324 g/mol.